The minimum atomic E-state index is -0.144. The summed E-state index contributed by atoms with van der Waals surface area (Å²) < 4.78 is 5.59. The van der Waals surface area contributed by atoms with E-state index in [1.54, 1.807) is 18.2 Å². The van der Waals surface area contributed by atoms with Crippen molar-refractivity contribution in [3.8, 4) is 5.75 Å². The molecule has 1 aromatic rings. The minimum Gasteiger partial charge on any atom is -0.490 e. The Hall–Kier alpha value is -1.71. The van der Waals surface area contributed by atoms with Gasteiger partial charge in [-0.15, -0.1) is 0 Å². The zero-order valence-electron chi connectivity index (χ0n) is 10.6. The molecule has 4 heteroatoms. The first-order chi connectivity index (χ1) is 8.04. The zero-order valence-corrected chi connectivity index (χ0v) is 10.6. The Bertz CT molecular complexity index is 389. The van der Waals surface area contributed by atoms with Crippen molar-refractivity contribution < 1.29 is 9.53 Å². The fraction of sp³-hybridized carbons (Fsp3) is 0.462. The first kappa shape index (κ1) is 13.4. The van der Waals surface area contributed by atoms with E-state index in [0.717, 1.165) is 6.42 Å². The minimum absolute atomic E-state index is 0.0244. The lowest BCUT2D eigenvalue weighted by Crippen LogP contribution is -2.25. The van der Waals surface area contributed by atoms with E-state index in [9.17, 15) is 4.79 Å². The predicted octanol–water partition coefficient (Wildman–Crippen LogP) is 2.20. The van der Waals surface area contributed by atoms with E-state index in [4.69, 9.17) is 10.5 Å². The first-order valence-electron chi connectivity index (χ1n) is 5.89. The number of hydrogen-bond donors (Lipinski definition) is 2. The number of rotatable bonds is 5. The Kier molecular flexibility index (Phi) is 4.82. The summed E-state index contributed by atoms with van der Waals surface area (Å²) in [6, 6.07) is 5.10. The quantitative estimate of drug-likeness (QED) is 0.770. The number of nitrogen functional groups attached to an aromatic ring is 1. The highest BCUT2D eigenvalue weighted by molar-refractivity contribution is 5.97. The van der Waals surface area contributed by atoms with Crippen molar-refractivity contribution in [3.63, 3.8) is 0 Å². The molecule has 0 unspecified atom stereocenters. The van der Waals surface area contributed by atoms with Crippen molar-refractivity contribution >= 4 is 11.6 Å². The van der Waals surface area contributed by atoms with Crippen LogP contribution in [-0.4, -0.2) is 18.6 Å². The molecule has 0 atom stereocenters. The number of carbonyl (C=O) groups is 1. The first-order valence-corrected chi connectivity index (χ1v) is 5.89. The third-order valence-corrected chi connectivity index (χ3v) is 2.15. The van der Waals surface area contributed by atoms with Crippen LogP contribution in [0.25, 0.3) is 0 Å². The van der Waals surface area contributed by atoms with E-state index in [1.165, 1.54) is 0 Å². The van der Waals surface area contributed by atoms with E-state index >= 15 is 0 Å². The number of benzene rings is 1. The summed E-state index contributed by atoms with van der Waals surface area (Å²) in [4.78, 5) is 11.9. The fourth-order valence-electron chi connectivity index (χ4n) is 1.42. The molecule has 0 aromatic heterocycles. The fourth-order valence-corrected chi connectivity index (χ4v) is 1.42. The number of nitrogens with one attached hydrogen (secondary N) is 1. The van der Waals surface area contributed by atoms with Gasteiger partial charge in [0.15, 0.2) is 0 Å². The molecule has 0 fully saturated rings. The zero-order chi connectivity index (χ0) is 12.8. The molecule has 0 heterocycles. The Labute approximate surface area is 102 Å². The van der Waals surface area contributed by atoms with Gasteiger partial charge in [-0.25, -0.2) is 0 Å². The number of amides is 1. The third kappa shape index (κ3) is 3.98. The summed E-state index contributed by atoms with van der Waals surface area (Å²) in [5.74, 6) is 0.428. The normalized spacial score (nSPS) is 10.4. The number of nitrogens with two attached hydrogens (primary N) is 1. The highest BCUT2D eigenvalue weighted by Crippen LogP contribution is 2.22. The van der Waals surface area contributed by atoms with E-state index in [0.29, 0.717) is 23.5 Å². The van der Waals surface area contributed by atoms with Gasteiger partial charge in [0, 0.05) is 12.2 Å². The van der Waals surface area contributed by atoms with Crippen LogP contribution in [0.5, 0.6) is 5.75 Å². The van der Waals surface area contributed by atoms with Gasteiger partial charge >= 0.3 is 0 Å². The molecule has 4 nitrogen and oxygen atoms in total. The van der Waals surface area contributed by atoms with Crippen molar-refractivity contribution in [2.45, 2.75) is 33.3 Å². The molecule has 0 aliphatic carbocycles. The molecule has 94 valence electrons. The topological polar surface area (TPSA) is 64.4 Å². The highest BCUT2D eigenvalue weighted by atomic mass is 16.5. The average molecular weight is 236 g/mol. The summed E-state index contributed by atoms with van der Waals surface area (Å²) in [5.41, 5.74) is 6.74. The van der Waals surface area contributed by atoms with Gasteiger partial charge < -0.3 is 15.8 Å². The Morgan fingerprint density at radius 1 is 1.47 bits per heavy atom. The SMILES string of the molecule is CCCNC(=O)c1cc(N)ccc1OC(C)C. The second-order valence-electron chi connectivity index (χ2n) is 4.18. The molecule has 0 radical (unpaired) electrons. The summed E-state index contributed by atoms with van der Waals surface area (Å²) in [7, 11) is 0. The molecular weight excluding hydrogens is 216 g/mol. The van der Waals surface area contributed by atoms with Crippen LogP contribution in [0, 0.1) is 0 Å². The molecule has 1 aromatic carbocycles. The predicted molar refractivity (Wildman–Crippen MR) is 69.2 cm³/mol. The maximum absolute atomic E-state index is 11.9. The summed E-state index contributed by atoms with van der Waals surface area (Å²) >= 11 is 0. The van der Waals surface area contributed by atoms with Crippen LogP contribution in [0.2, 0.25) is 0 Å². The molecule has 1 amide bonds. The summed E-state index contributed by atoms with van der Waals surface area (Å²) in [5, 5.41) is 2.81. The van der Waals surface area contributed by atoms with Crippen molar-refractivity contribution in [2.24, 2.45) is 0 Å². The van der Waals surface area contributed by atoms with Crippen molar-refractivity contribution in [1.29, 1.82) is 0 Å². The van der Waals surface area contributed by atoms with Crippen LogP contribution in [0.4, 0.5) is 5.69 Å². The second-order valence-corrected chi connectivity index (χ2v) is 4.18. The molecule has 17 heavy (non-hydrogen) atoms. The van der Waals surface area contributed by atoms with Gasteiger partial charge in [-0.3, -0.25) is 4.79 Å². The second kappa shape index (κ2) is 6.13. The van der Waals surface area contributed by atoms with Crippen molar-refractivity contribution in [3.05, 3.63) is 23.8 Å². The van der Waals surface area contributed by atoms with E-state index in [1.807, 2.05) is 20.8 Å². The number of ether oxygens (including phenoxy) is 1. The largest absolute Gasteiger partial charge is 0.490 e. The van der Waals surface area contributed by atoms with Gasteiger partial charge in [0.05, 0.1) is 11.7 Å². The standard InChI is InChI=1S/C13H20N2O2/c1-4-7-15-13(16)11-8-10(14)5-6-12(11)17-9(2)3/h5-6,8-9H,4,7,14H2,1-3H3,(H,15,16). The molecular formula is C13H20N2O2. The molecule has 0 saturated heterocycles. The number of hydrogen-bond acceptors (Lipinski definition) is 3. The lowest BCUT2D eigenvalue weighted by Gasteiger charge is -2.14. The number of carbonyl (C=O) groups excluding carboxylic acids is 1. The molecule has 0 aliphatic rings. The summed E-state index contributed by atoms with van der Waals surface area (Å²) in [6.45, 7) is 6.49. The Morgan fingerprint density at radius 2 is 2.18 bits per heavy atom. The van der Waals surface area contributed by atoms with E-state index < -0.39 is 0 Å². The lowest BCUT2D eigenvalue weighted by atomic mass is 10.1. The molecule has 1 rings (SSSR count). The third-order valence-electron chi connectivity index (χ3n) is 2.15. The van der Waals surface area contributed by atoms with Crippen LogP contribution in [0.3, 0.4) is 0 Å². The molecule has 0 bridgehead atoms. The van der Waals surface area contributed by atoms with Crippen LogP contribution < -0.4 is 15.8 Å². The maximum Gasteiger partial charge on any atom is 0.255 e. The number of anilines is 1. The van der Waals surface area contributed by atoms with Crippen LogP contribution in [-0.2, 0) is 0 Å². The van der Waals surface area contributed by atoms with Gasteiger partial charge in [0.25, 0.3) is 5.91 Å². The van der Waals surface area contributed by atoms with Gasteiger partial charge in [-0.05, 0) is 38.5 Å². The molecule has 0 aliphatic heterocycles. The van der Waals surface area contributed by atoms with E-state index in [-0.39, 0.29) is 12.0 Å². The Balaban J connectivity index is 2.93. The average Bonchev–Trinajstić information content (AvgIpc) is 2.27. The molecule has 0 saturated carbocycles. The van der Waals surface area contributed by atoms with Crippen LogP contribution in [0.1, 0.15) is 37.6 Å². The lowest BCUT2D eigenvalue weighted by molar-refractivity contribution is 0.0948. The van der Waals surface area contributed by atoms with Crippen molar-refractivity contribution in [2.75, 3.05) is 12.3 Å². The smallest absolute Gasteiger partial charge is 0.255 e. The van der Waals surface area contributed by atoms with E-state index in [2.05, 4.69) is 5.32 Å². The Morgan fingerprint density at radius 3 is 2.76 bits per heavy atom. The van der Waals surface area contributed by atoms with Gasteiger partial charge in [0.1, 0.15) is 5.75 Å². The van der Waals surface area contributed by atoms with Crippen molar-refractivity contribution in [1.82, 2.24) is 5.32 Å². The monoisotopic (exact) mass is 236 g/mol. The molecule has 0 spiro atoms. The van der Waals surface area contributed by atoms with Gasteiger partial charge in [0.2, 0.25) is 0 Å². The maximum atomic E-state index is 11.9. The van der Waals surface area contributed by atoms with Crippen LogP contribution >= 0.6 is 0 Å². The van der Waals surface area contributed by atoms with Crippen LogP contribution in [0.15, 0.2) is 18.2 Å². The highest BCUT2D eigenvalue weighted by Gasteiger charge is 2.13. The van der Waals surface area contributed by atoms with Gasteiger partial charge in [-0.1, -0.05) is 6.92 Å². The van der Waals surface area contributed by atoms with Gasteiger partial charge in [-0.2, -0.15) is 0 Å². The summed E-state index contributed by atoms with van der Waals surface area (Å²) in [6.07, 6.45) is 0.922. The molecule has 3 N–H and O–H groups in total.